The fourth-order valence-electron chi connectivity index (χ4n) is 3.16. The second kappa shape index (κ2) is 7.81. The van der Waals surface area contributed by atoms with Gasteiger partial charge in [-0.3, -0.25) is 4.90 Å². The van der Waals surface area contributed by atoms with E-state index in [4.69, 9.17) is 4.74 Å². The van der Waals surface area contributed by atoms with Gasteiger partial charge in [-0.15, -0.1) is 0 Å². The Balaban J connectivity index is 2.03. The first-order chi connectivity index (χ1) is 10.1. The molecule has 1 heterocycles. The molecule has 3 nitrogen and oxygen atoms in total. The normalized spacial score (nSPS) is 25.9. The van der Waals surface area contributed by atoms with Crippen LogP contribution in [0.3, 0.4) is 0 Å². The Morgan fingerprint density at radius 1 is 1.24 bits per heavy atom. The van der Waals surface area contributed by atoms with Crippen LogP contribution in [0.2, 0.25) is 0 Å². The number of nitrogens with one attached hydrogen (secondary N) is 1. The molecule has 1 aromatic carbocycles. The Kier molecular flexibility index (Phi) is 6.07. The Labute approximate surface area is 129 Å². The predicted molar refractivity (Wildman–Crippen MR) is 88.9 cm³/mol. The Bertz CT molecular complexity index is 418. The van der Waals surface area contributed by atoms with Crippen molar-refractivity contribution in [3.05, 3.63) is 29.8 Å². The molecule has 1 aromatic rings. The van der Waals surface area contributed by atoms with Gasteiger partial charge in [0.05, 0.1) is 7.11 Å². The number of nitrogens with zero attached hydrogens (tertiary/aromatic N) is 1. The monoisotopic (exact) mass is 290 g/mol. The smallest absolute Gasteiger partial charge is 0.118 e. The lowest BCUT2D eigenvalue weighted by Crippen LogP contribution is -2.44. The molecular formula is C18H30N2O. The third-order valence-electron chi connectivity index (χ3n) is 4.77. The van der Waals surface area contributed by atoms with E-state index in [1.165, 1.54) is 31.4 Å². The van der Waals surface area contributed by atoms with Gasteiger partial charge >= 0.3 is 0 Å². The van der Waals surface area contributed by atoms with Gasteiger partial charge in [-0.1, -0.05) is 19.1 Å². The van der Waals surface area contributed by atoms with Crippen LogP contribution in [0, 0.1) is 0 Å². The van der Waals surface area contributed by atoms with Gasteiger partial charge in [0, 0.05) is 31.2 Å². The van der Waals surface area contributed by atoms with Crippen LogP contribution in [0.25, 0.3) is 0 Å². The molecule has 1 aliphatic heterocycles. The summed E-state index contributed by atoms with van der Waals surface area (Å²) >= 11 is 0. The summed E-state index contributed by atoms with van der Waals surface area (Å²) in [5, 5.41) is 3.74. The zero-order valence-electron chi connectivity index (χ0n) is 13.9. The molecule has 1 fully saturated rings. The summed E-state index contributed by atoms with van der Waals surface area (Å²) in [5.74, 6) is 0.933. The molecule has 0 bridgehead atoms. The third kappa shape index (κ3) is 4.45. The maximum Gasteiger partial charge on any atom is 0.118 e. The first-order valence-corrected chi connectivity index (χ1v) is 8.28. The fourth-order valence-corrected chi connectivity index (χ4v) is 3.16. The van der Waals surface area contributed by atoms with E-state index in [1.54, 1.807) is 7.11 Å². The summed E-state index contributed by atoms with van der Waals surface area (Å²) in [5.41, 5.74) is 1.38. The van der Waals surface area contributed by atoms with Crippen molar-refractivity contribution in [1.82, 2.24) is 10.2 Å². The van der Waals surface area contributed by atoms with E-state index in [0.29, 0.717) is 18.1 Å². The van der Waals surface area contributed by atoms with Crippen molar-refractivity contribution < 1.29 is 4.74 Å². The largest absolute Gasteiger partial charge is 0.497 e. The van der Waals surface area contributed by atoms with Gasteiger partial charge < -0.3 is 10.1 Å². The van der Waals surface area contributed by atoms with E-state index in [2.05, 4.69) is 55.3 Å². The van der Waals surface area contributed by atoms with Crippen LogP contribution in [-0.4, -0.2) is 37.2 Å². The van der Waals surface area contributed by atoms with E-state index in [1.807, 2.05) is 0 Å². The maximum atomic E-state index is 5.25. The SMILES string of the molecule is CCC1CCN(C(C)c2ccc(OC)cc2)CCC(C)N1. The number of hydrogen-bond donors (Lipinski definition) is 1. The molecular weight excluding hydrogens is 260 g/mol. The van der Waals surface area contributed by atoms with Crippen LogP contribution in [0.5, 0.6) is 5.75 Å². The average molecular weight is 290 g/mol. The van der Waals surface area contributed by atoms with Crippen molar-refractivity contribution >= 4 is 0 Å². The zero-order valence-corrected chi connectivity index (χ0v) is 13.9. The van der Waals surface area contributed by atoms with Gasteiger partial charge in [-0.25, -0.2) is 0 Å². The number of ether oxygens (including phenoxy) is 1. The molecule has 3 heteroatoms. The number of methoxy groups -OCH3 is 1. The van der Waals surface area contributed by atoms with Crippen molar-refractivity contribution in [3.8, 4) is 5.75 Å². The van der Waals surface area contributed by atoms with Crippen molar-refractivity contribution in [2.45, 2.75) is 58.2 Å². The van der Waals surface area contributed by atoms with Crippen molar-refractivity contribution in [3.63, 3.8) is 0 Å². The highest BCUT2D eigenvalue weighted by molar-refractivity contribution is 5.28. The average Bonchev–Trinajstić information content (AvgIpc) is 2.50. The first kappa shape index (κ1) is 16.3. The molecule has 0 amide bonds. The van der Waals surface area contributed by atoms with Gasteiger partial charge in [0.25, 0.3) is 0 Å². The van der Waals surface area contributed by atoms with Crippen LogP contribution < -0.4 is 10.1 Å². The lowest BCUT2D eigenvalue weighted by molar-refractivity contribution is 0.168. The minimum absolute atomic E-state index is 0.471. The van der Waals surface area contributed by atoms with Gasteiger partial charge in [0.15, 0.2) is 0 Å². The highest BCUT2D eigenvalue weighted by Gasteiger charge is 2.21. The van der Waals surface area contributed by atoms with E-state index >= 15 is 0 Å². The first-order valence-electron chi connectivity index (χ1n) is 8.28. The highest BCUT2D eigenvalue weighted by atomic mass is 16.5. The van der Waals surface area contributed by atoms with Crippen LogP contribution in [0.1, 0.15) is 51.6 Å². The van der Waals surface area contributed by atoms with Crippen molar-refractivity contribution in [2.75, 3.05) is 20.2 Å². The van der Waals surface area contributed by atoms with E-state index in [0.717, 1.165) is 12.3 Å². The second-order valence-corrected chi connectivity index (χ2v) is 6.24. The Hall–Kier alpha value is -1.06. The molecule has 0 spiro atoms. The van der Waals surface area contributed by atoms with Crippen LogP contribution in [0.4, 0.5) is 0 Å². The van der Waals surface area contributed by atoms with Crippen LogP contribution >= 0.6 is 0 Å². The summed E-state index contributed by atoms with van der Waals surface area (Å²) in [6.45, 7) is 9.25. The van der Waals surface area contributed by atoms with Crippen molar-refractivity contribution in [1.29, 1.82) is 0 Å². The summed E-state index contributed by atoms with van der Waals surface area (Å²) in [4.78, 5) is 2.63. The molecule has 1 N–H and O–H groups in total. The summed E-state index contributed by atoms with van der Waals surface area (Å²) < 4.78 is 5.25. The van der Waals surface area contributed by atoms with E-state index < -0.39 is 0 Å². The maximum absolute atomic E-state index is 5.25. The molecule has 0 saturated carbocycles. The minimum Gasteiger partial charge on any atom is -0.497 e. The van der Waals surface area contributed by atoms with Crippen molar-refractivity contribution in [2.24, 2.45) is 0 Å². The second-order valence-electron chi connectivity index (χ2n) is 6.24. The lowest BCUT2D eigenvalue weighted by atomic mass is 10.0. The predicted octanol–water partition coefficient (Wildman–Crippen LogP) is 3.61. The number of hydrogen-bond acceptors (Lipinski definition) is 3. The zero-order chi connectivity index (χ0) is 15.2. The van der Waals surface area contributed by atoms with Crippen LogP contribution in [0.15, 0.2) is 24.3 Å². The minimum atomic E-state index is 0.471. The fraction of sp³-hybridized carbons (Fsp3) is 0.667. The standard InChI is InChI=1S/C18H30N2O/c1-5-17-11-13-20(12-10-14(2)19-17)15(3)16-6-8-18(21-4)9-7-16/h6-9,14-15,17,19H,5,10-13H2,1-4H3. The molecule has 1 aliphatic rings. The van der Waals surface area contributed by atoms with Gasteiger partial charge in [-0.05, 0) is 50.8 Å². The molecule has 2 rings (SSSR count). The topological polar surface area (TPSA) is 24.5 Å². The molecule has 0 aromatic heterocycles. The molecule has 118 valence electrons. The Morgan fingerprint density at radius 2 is 1.90 bits per heavy atom. The molecule has 1 saturated heterocycles. The van der Waals surface area contributed by atoms with Gasteiger partial charge in [0.2, 0.25) is 0 Å². The molecule has 3 atom stereocenters. The molecule has 3 unspecified atom stereocenters. The number of rotatable bonds is 4. The Morgan fingerprint density at radius 3 is 2.52 bits per heavy atom. The molecule has 21 heavy (non-hydrogen) atoms. The highest BCUT2D eigenvalue weighted by Crippen LogP contribution is 2.24. The summed E-state index contributed by atoms with van der Waals surface area (Å²) in [6.07, 6.45) is 3.67. The third-order valence-corrected chi connectivity index (χ3v) is 4.77. The van der Waals surface area contributed by atoms with Crippen LogP contribution in [-0.2, 0) is 0 Å². The van der Waals surface area contributed by atoms with Gasteiger partial charge in [-0.2, -0.15) is 0 Å². The lowest BCUT2D eigenvalue weighted by Gasteiger charge is -2.35. The number of benzene rings is 1. The molecule has 0 aliphatic carbocycles. The van der Waals surface area contributed by atoms with Gasteiger partial charge in [0.1, 0.15) is 5.75 Å². The van der Waals surface area contributed by atoms with E-state index in [-0.39, 0.29) is 0 Å². The quantitative estimate of drug-likeness (QED) is 0.917. The molecule has 0 radical (unpaired) electrons. The van der Waals surface area contributed by atoms with E-state index in [9.17, 15) is 0 Å². The summed E-state index contributed by atoms with van der Waals surface area (Å²) in [6, 6.07) is 10.3. The summed E-state index contributed by atoms with van der Waals surface area (Å²) in [7, 11) is 1.72.